The average Bonchev–Trinajstić information content (AvgIpc) is 3.22. The van der Waals surface area contributed by atoms with E-state index in [0.29, 0.717) is 19.3 Å². The maximum Gasteiger partial charge on any atom is 0.306 e. The second-order valence-corrected chi connectivity index (χ2v) is 17.4. The van der Waals surface area contributed by atoms with E-state index in [1.165, 1.54) is 186 Å². The Balaban J connectivity index is 4.28. The molecular formula is C52H98O6. The van der Waals surface area contributed by atoms with Gasteiger partial charge in [-0.3, -0.25) is 14.4 Å². The highest BCUT2D eigenvalue weighted by molar-refractivity contribution is 5.71. The molecule has 0 spiro atoms. The number of carbonyl (C=O) groups is 3. The normalized spacial score (nSPS) is 12.0. The molecule has 0 aliphatic heterocycles. The first-order chi connectivity index (χ1) is 28.5. The Hall–Kier alpha value is -1.85. The summed E-state index contributed by atoms with van der Waals surface area (Å²) in [6.45, 7) is 6.64. The molecule has 0 aliphatic carbocycles. The molecule has 0 heterocycles. The first-order valence-corrected chi connectivity index (χ1v) is 25.7. The summed E-state index contributed by atoms with van der Waals surface area (Å²) >= 11 is 0. The predicted octanol–water partition coefficient (Wildman–Crippen LogP) is 16.6. The van der Waals surface area contributed by atoms with Crippen LogP contribution in [0.1, 0.15) is 284 Å². The van der Waals surface area contributed by atoms with Gasteiger partial charge in [0.1, 0.15) is 13.2 Å². The molecule has 0 bridgehead atoms. The lowest BCUT2D eigenvalue weighted by molar-refractivity contribution is -0.167. The van der Waals surface area contributed by atoms with Gasteiger partial charge in [0, 0.05) is 19.3 Å². The molecule has 58 heavy (non-hydrogen) atoms. The Labute approximate surface area is 360 Å². The van der Waals surface area contributed by atoms with Crippen molar-refractivity contribution in [3.05, 3.63) is 12.2 Å². The quantitative estimate of drug-likeness (QED) is 0.0263. The van der Waals surface area contributed by atoms with E-state index in [0.717, 1.165) is 57.8 Å². The van der Waals surface area contributed by atoms with Crippen LogP contribution in [0.15, 0.2) is 12.2 Å². The van der Waals surface area contributed by atoms with Crippen molar-refractivity contribution in [1.29, 1.82) is 0 Å². The smallest absolute Gasteiger partial charge is 0.306 e. The lowest BCUT2D eigenvalue weighted by Crippen LogP contribution is -2.30. The molecule has 0 aliphatic rings. The molecule has 0 aromatic heterocycles. The van der Waals surface area contributed by atoms with Gasteiger partial charge in [-0.25, -0.2) is 0 Å². The van der Waals surface area contributed by atoms with E-state index in [9.17, 15) is 14.4 Å². The molecule has 1 unspecified atom stereocenters. The fourth-order valence-electron chi connectivity index (χ4n) is 7.61. The Morgan fingerprint density at radius 3 is 0.879 bits per heavy atom. The fourth-order valence-corrected chi connectivity index (χ4v) is 7.61. The summed E-state index contributed by atoms with van der Waals surface area (Å²) in [5.41, 5.74) is 0. The summed E-state index contributed by atoms with van der Waals surface area (Å²) in [4.78, 5) is 37.8. The number of ether oxygens (including phenoxy) is 3. The SMILES string of the molecule is CCCCCC/C=C\CCCCCCCCCC(=O)OC(COC(=O)CCCCCCCCCCC)COC(=O)CCCCCCCCCCCCCCCCCC. The molecule has 0 saturated heterocycles. The summed E-state index contributed by atoms with van der Waals surface area (Å²) in [6.07, 6.45) is 51.9. The Kier molecular flexibility index (Phi) is 46.3. The van der Waals surface area contributed by atoms with Crippen molar-refractivity contribution in [2.45, 2.75) is 290 Å². The largest absolute Gasteiger partial charge is 0.462 e. The third kappa shape index (κ3) is 45.2. The molecule has 1 atom stereocenters. The predicted molar refractivity (Wildman–Crippen MR) is 247 cm³/mol. The highest BCUT2D eigenvalue weighted by Crippen LogP contribution is 2.16. The maximum atomic E-state index is 12.8. The molecule has 0 saturated carbocycles. The van der Waals surface area contributed by atoms with Crippen molar-refractivity contribution in [2.75, 3.05) is 13.2 Å². The Bertz CT molecular complexity index is 900. The minimum Gasteiger partial charge on any atom is -0.462 e. The number of hydrogen-bond donors (Lipinski definition) is 0. The zero-order chi connectivity index (χ0) is 42.3. The highest BCUT2D eigenvalue weighted by Gasteiger charge is 2.19. The zero-order valence-electron chi connectivity index (χ0n) is 39.1. The molecule has 0 aromatic rings. The van der Waals surface area contributed by atoms with Gasteiger partial charge >= 0.3 is 17.9 Å². The van der Waals surface area contributed by atoms with Crippen LogP contribution in [0.25, 0.3) is 0 Å². The van der Waals surface area contributed by atoms with E-state index in [4.69, 9.17) is 14.2 Å². The van der Waals surface area contributed by atoms with Gasteiger partial charge in [0.05, 0.1) is 0 Å². The third-order valence-corrected chi connectivity index (χ3v) is 11.5. The molecular weight excluding hydrogens is 721 g/mol. The van der Waals surface area contributed by atoms with E-state index in [1.807, 2.05) is 0 Å². The van der Waals surface area contributed by atoms with Gasteiger partial charge in [-0.05, 0) is 44.9 Å². The van der Waals surface area contributed by atoms with Crippen LogP contribution in [0, 0.1) is 0 Å². The van der Waals surface area contributed by atoms with E-state index in [1.54, 1.807) is 0 Å². The second-order valence-electron chi connectivity index (χ2n) is 17.4. The lowest BCUT2D eigenvalue weighted by atomic mass is 10.0. The minimum absolute atomic E-state index is 0.0667. The summed E-state index contributed by atoms with van der Waals surface area (Å²) in [7, 11) is 0. The van der Waals surface area contributed by atoms with Crippen molar-refractivity contribution >= 4 is 17.9 Å². The first kappa shape index (κ1) is 56.1. The van der Waals surface area contributed by atoms with Crippen LogP contribution in [0.5, 0.6) is 0 Å². The van der Waals surface area contributed by atoms with Crippen molar-refractivity contribution < 1.29 is 28.6 Å². The van der Waals surface area contributed by atoms with Crippen LogP contribution in [-0.4, -0.2) is 37.2 Å². The second kappa shape index (κ2) is 47.8. The summed E-state index contributed by atoms with van der Waals surface area (Å²) in [5, 5.41) is 0. The van der Waals surface area contributed by atoms with Gasteiger partial charge in [0.15, 0.2) is 6.10 Å². The van der Waals surface area contributed by atoms with Crippen LogP contribution >= 0.6 is 0 Å². The first-order valence-electron chi connectivity index (χ1n) is 25.7. The van der Waals surface area contributed by atoms with Crippen LogP contribution in [0.3, 0.4) is 0 Å². The van der Waals surface area contributed by atoms with Crippen LogP contribution in [0.2, 0.25) is 0 Å². The molecule has 6 nitrogen and oxygen atoms in total. The molecule has 0 amide bonds. The Morgan fingerprint density at radius 2 is 0.569 bits per heavy atom. The number of unbranched alkanes of at least 4 members (excludes halogenated alkanes) is 34. The summed E-state index contributed by atoms with van der Waals surface area (Å²) in [5.74, 6) is -0.858. The van der Waals surface area contributed by atoms with Crippen LogP contribution < -0.4 is 0 Å². The van der Waals surface area contributed by atoms with Crippen molar-refractivity contribution in [1.82, 2.24) is 0 Å². The number of rotatable bonds is 47. The molecule has 0 aromatic carbocycles. The van der Waals surface area contributed by atoms with E-state index >= 15 is 0 Å². The molecule has 342 valence electrons. The number of esters is 3. The van der Waals surface area contributed by atoms with E-state index in [2.05, 4.69) is 32.9 Å². The Morgan fingerprint density at radius 1 is 0.328 bits per heavy atom. The number of hydrogen-bond acceptors (Lipinski definition) is 6. The van der Waals surface area contributed by atoms with E-state index in [-0.39, 0.29) is 31.1 Å². The van der Waals surface area contributed by atoms with Gasteiger partial charge in [0.25, 0.3) is 0 Å². The van der Waals surface area contributed by atoms with Gasteiger partial charge in [-0.1, -0.05) is 232 Å². The summed E-state index contributed by atoms with van der Waals surface area (Å²) in [6, 6.07) is 0. The lowest BCUT2D eigenvalue weighted by Gasteiger charge is -2.18. The van der Waals surface area contributed by atoms with Gasteiger partial charge in [-0.2, -0.15) is 0 Å². The summed E-state index contributed by atoms with van der Waals surface area (Å²) < 4.78 is 16.8. The number of carbonyl (C=O) groups excluding carboxylic acids is 3. The van der Waals surface area contributed by atoms with Crippen molar-refractivity contribution in [3.63, 3.8) is 0 Å². The van der Waals surface area contributed by atoms with Gasteiger partial charge < -0.3 is 14.2 Å². The van der Waals surface area contributed by atoms with Crippen LogP contribution in [-0.2, 0) is 28.6 Å². The van der Waals surface area contributed by atoms with Crippen LogP contribution in [0.4, 0.5) is 0 Å². The highest BCUT2D eigenvalue weighted by atomic mass is 16.6. The molecule has 0 N–H and O–H groups in total. The average molecular weight is 819 g/mol. The van der Waals surface area contributed by atoms with Gasteiger partial charge in [0.2, 0.25) is 0 Å². The molecule has 0 fully saturated rings. The third-order valence-electron chi connectivity index (χ3n) is 11.5. The molecule has 6 heteroatoms. The molecule has 0 radical (unpaired) electrons. The maximum absolute atomic E-state index is 12.8. The minimum atomic E-state index is -0.764. The van der Waals surface area contributed by atoms with Crippen molar-refractivity contribution in [2.24, 2.45) is 0 Å². The topological polar surface area (TPSA) is 78.9 Å². The van der Waals surface area contributed by atoms with Crippen molar-refractivity contribution in [3.8, 4) is 0 Å². The van der Waals surface area contributed by atoms with E-state index < -0.39 is 6.10 Å². The fraction of sp³-hybridized carbons (Fsp3) is 0.904. The molecule has 0 rings (SSSR count). The van der Waals surface area contributed by atoms with Gasteiger partial charge in [-0.15, -0.1) is 0 Å². The zero-order valence-corrected chi connectivity index (χ0v) is 39.1. The standard InChI is InChI=1S/C52H98O6/c1-4-7-10-13-16-19-21-23-25-27-28-30-33-36-39-42-45-51(54)57-48-49(47-56-50(53)44-41-38-35-32-18-15-12-9-6-3)58-52(55)46-43-40-37-34-31-29-26-24-22-20-17-14-11-8-5-2/h20,22,49H,4-19,21,23-48H2,1-3H3/b22-20-. The monoisotopic (exact) mass is 819 g/mol. The number of allylic oxidation sites excluding steroid dienone is 2.